The minimum Gasteiger partial charge on any atom is -0.459 e. The highest BCUT2D eigenvalue weighted by Gasteiger charge is 2.29. The quantitative estimate of drug-likeness (QED) is 0.630. The number of nitrogens with one attached hydrogen (secondary N) is 1. The van der Waals surface area contributed by atoms with E-state index in [1.165, 1.54) is 6.07 Å². The number of hydrogen-bond acceptors (Lipinski definition) is 5. The Hall–Kier alpha value is -1.57. The first-order valence-electron chi connectivity index (χ1n) is 7.48. The van der Waals surface area contributed by atoms with Gasteiger partial charge < -0.3 is 4.74 Å². The molecule has 0 saturated heterocycles. The minimum absolute atomic E-state index is 0.00108. The zero-order chi connectivity index (χ0) is 18.0. The molecule has 0 radical (unpaired) electrons. The van der Waals surface area contributed by atoms with Crippen molar-refractivity contribution in [3.8, 4) is 0 Å². The summed E-state index contributed by atoms with van der Waals surface area (Å²) in [6.45, 7) is 5.17. The van der Waals surface area contributed by atoms with Crippen molar-refractivity contribution in [3.05, 3.63) is 42.5 Å². The molecule has 0 heterocycles. The third kappa shape index (κ3) is 4.49. The monoisotopic (exact) mass is 367 g/mol. The van der Waals surface area contributed by atoms with E-state index in [9.17, 15) is 13.2 Å². The van der Waals surface area contributed by atoms with E-state index in [-0.39, 0.29) is 10.6 Å². The van der Waals surface area contributed by atoms with Crippen LogP contribution in [0.1, 0.15) is 20.8 Å². The molecule has 1 N–H and O–H groups in total. The minimum atomic E-state index is -3.90. The Kier molecular flexibility index (Phi) is 5.57. The molecule has 0 aliphatic heterocycles. The number of hydrogen-bond donors (Lipinski definition) is 2. The molecule has 2 aromatic rings. The fourth-order valence-corrected chi connectivity index (χ4v) is 3.99. The Balaban J connectivity index is 2.34. The van der Waals surface area contributed by atoms with Gasteiger partial charge in [0.1, 0.15) is 11.6 Å². The van der Waals surface area contributed by atoms with Gasteiger partial charge >= 0.3 is 5.97 Å². The third-order valence-electron chi connectivity index (χ3n) is 3.21. The van der Waals surface area contributed by atoms with Crippen LogP contribution < -0.4 is 4.72 Å². The Labute approximate surface area is 147 Å². The number of thiol groups is 1. The summed E-state index contributed by atoms with van der Waals surface area (Å²) in [4.78, 5) is 12.3. The van der Waals surface area contributed by atoms with Gasteiger partial charge in [0.05, 0.1) is 4.90 Å². The van der Waals surface area contributed by atoms with Gasteiger partial charge in [-0.3, -0.25) is 4.79 Å². The van der Waals surface area contributed by atoms with Crippen LogP contribution in [0.5, 0.6) is 0 Å². The molecule has 0 amide bonds. The molecule has 1 atom stereocenters. The number of rotatable bonds is 5. The van der Waals surface area contributed by atoms with Crippen LogP contribution in [0.2, 0.25) is 0 Å². The topological polar surface area (TPSA) is 72.5 Å². The fraction of sp³-hybridized carbons (Fsp3) is 0.353. The van der Waals surface area contributed by atoms with Gasteiger partial charge in [-0.15, -0.1) is 0 Å². The average Bonchev–Trinajstić information content (AvgIpc) is 2.50. The van der Waals surface area contributed by atoms with Crippen molar-refractivity contribution in [2.45, 2.75) is 37.3 Å². The van der Waals surface area contributed by atoms with Crippen LogP contribution in [0.15, 0.2) is 47.4 Å². The van der Waals surface area contributed by atoms with E-state index >= 15 is 0 Å². The smallest absolute Gasteiger partial charge is 0.325 e. The Morgan fingerprint density at radius 2 is 1.79 bits per heavy atom. The molecule has 24 heavy (non-hydrogen) atoms. The van der Waals surface area contributed by atoms with Gasteiger partial charge in [-0.05, 0) is 32.2 Å². The van der Waals surface area contributed by atoms with Crippen molar-refractivity contribution < 1.29 is 17.9 Å². The Bertz CT molecular complexity index is 836. The number of fused-ring (bicyclic) bond motifs is 1. The predicted octanol–water partition coefficient (Wildman–Crippen LogP) is 2.76. The molecule has 0 aromatic heterocycles. The molecule has 0 bridgehead atoms. The molecule has 130 valence electrons. The first-order chi connectivity index (χ1) is 11.1. The lowest BCUT2D eigenvalue weighted by atomic mass is 10.1. The van der Waals surface area contributed by atoms with Gasteiger partial charge in [0.2, 0.25) is 10.0 Å². The van der Waals surface area contributed by atoms with Crippen molar-refractivity contribution in [1.82, 2.24) is 4.72 Å². The van der Waals surface area contributed by atoms with Gasteiger partial charge in [0, 0.05) is 11.1 Å². The molecular weight excluding hydrogens is 346 g/mol. The SMILES string of the molecule is CC(C)(C)OC(=O)[C@H](CS)NS(=O)(=O)c1cccc2ccccc12. The summed E-state index contributed by atoms with van der Waals surface area (Å²) in [6, 6.07) is 11.1. The Morgan fingerprint density at radius 3 is 2.42 bits per heavy atom. The van der Waals surface area contributed by atoms with Crippen LogP contribution in [-0.4, -0.2) is 31.8 Å². The summed E-state index contributed by atoms with van der Waals surface area (Å²) in [6.07, 6.45) is 0. The van der Waals surface area contributed by atoms with Crippen LogP contribution in [0.4, 0.5) is 0 Å². The summed E-state index contributed by atoms with van der Waals surface area (Å²) in [7, 11) is -3.90. The molecule has 0 spiro atoms. The van der Waals surface area contributed by atoms with Crippen molar-refractivity contribution in [2.75, 3.05) is 5.75 Å². The van der Waals surface area contributed by atoms with E-state index in [0.717, 1.165) is 5.39 Å². The van der Waals surface area contributed by atoms with E-state index in [0.29, 0.717) is 5.39 Å². The molecule has 7 heteroatoms. The molecule has 0 unspecified atom stereocenters. The maximum atomic E-state index is 12.7. The molecule has 2 aromatic carbocycles. The third-order valence-corrected chi connectivity index (χ3v) is 5.11. The van der Waals surface area contributed by atoms with Crippen molar-refractivity contribution in [1.29, 1.82) is 0 Å². The van der Waals surface area contributed by atoms with Crippen LogP contribution in [0.3, 0.4) is 0 Å². The number of carbonyl (C=O) groups is 1. The summed E-state index contributed by atoms with van der Waals surface area (Å²) in [5, 5.41) is 1.40. The highest BCUT2D eigenvalue weighted by Crippen LogP contribution is 2.23. The van der Waals surface area contributed by atoms with Crippen LogP contribution >= 0.6 is 12.6 Å². The maximum absolute atomic E-state index is 12.7. The first-order valence-corrected chi connectivity index (χ1v) is 9.59. The van der Waals surface area contributed by atoms with Gasteiger partial charge in [-0.25, -0.2) is 8.42 Å². The van der Waals surface area contributed by atoms with E-state index < -0.39 is 27.6 Å². The molecule has 0 saturated carbocycles. The van der Waals surface area contributed by atoms with Crippen LogP contribution in [0, 0.1) is 0 Å². The van der Waals surface area contributed by atoms with Crippen LogP contribution in [0.25, 0.3) is 10.8 Å². The highest BCUT2D eigenvalue weighted by molar-refractivity contribution is 7.89. The first kappa shape index (κ1) is 18.8. The molecular formula is C17H21NO4S2. The summed E-state index contributed by atoms with van der Waals surface area (Å²) in [5.74, 6) is -0.653. The Morgan fingerprint density at radius 1 is 1.17 bits per heavy atom. The average molecular weight is 367 g/mol. The highest BCUT2D eigenvalue weighted by atomic mass is 32.2. The van der Waals surface area contributed by atoms with E-state index in [1.54, 1.807) is 39.0 Å². The molecule has 0 fully saturated rings. The molecule has 0 aliphatic carbocycles. The molecule has 5 nitrogen and oxygen atoms in total. The lowest BCUT2D eigenvalue weighted by Crippen LogP contribution is -2.45. The summed E-state index contributed by atoms with van der Waals surface area (Å²) >= 11 is 4.07. The van der Waals surface area contributed by atoms with E-state index in [4.69, 9.17) is 4.74 Å². The fourth-order valence-electron chi connectivity index (χ4n) is 2.21. The number of esters is 1. The lowest BCUT2D eigenvalue weighted by molar-refractivity contribution is -0.156. The zero-order valence-electron chi connectivity index (χ0n) is 13.8. The summed E-state index contributed by atoms with van der Waals surface area (Å²) < 4.78 is 33.1. The normalized spacial score (nSPS) is 13.7. The number of ether oxygens (including phenoxy) is 1. The van der Waals surface area contributed by atoms with Crippen molar-refractivity contribution in [3.63, 3.8) is 0 Å². The standard InChI is InChI=1S/C17H21NO4S2/c1-17(2,3)22-16(19)14(11-23)18-24(20,21)15-10-6-8-12-7-4-5-9-13(12)15/h4-10,14,18,23H,11H2,1-3H3/t14-/m0/s1. The van der Waals surface area contributed by atoms with Crippen molar-refractivity contribution in [2.24, 2.45) is 0 Å². The molecule has 0 aliphatic rings. The molecule has 2 rings (SSSR count). The lowest BCUT2D eigenvalue weighted by Gasteiger charge is -2.23. The van der Waals surface area contributed by atoms with Gasteiger partial charge in [-0.2, -0.15) is 17.4 Å². The summed E-state index contributed by atoms with van der Waals surface area (Å²) in [5.41, 5.74) is -0.705. The zero-order valence-corrected chi connectivity index (χ0v) is 15.5. The predicted molar refractivity (Wildman–Crippen MR) is 97.8 cm³/mol. The van der Waals surface area contributed by atoms with Gasteiger partial charge in [-0.1, -0.05) is 36.4 Å². The van der Waals surface area contributed by atoms with E-state index in [1.807, 2.05) is 18.2 Å². The largest absolute Gasteiger partial charge is 0.459 e. The van der Waals surface area contributed by atoms with E-state index in [2.05, 4.69) is 17.4 Å². The maximum Gasteiger partial charge on any atom is 0.325 e. The second-order valence-corrected chi connectivity index (χ2v) is 8.41. The number of sulfonamides is 1. The number of carbonyl (C=O) groups excluding carboxylic acids is 1. The second kappa shape index (κ2) is 7.13. The van der Waals surface area contributed by atoms with Crippen molar-refractivity contribution >= 4 is 39.4 Å². The van der Waals surface area contributed by atoms with Gasteiger partial charge in [0.25, 0.3) is 0 Å². The van der Waals surface area contributed by atoms with Gasteiger partial charge in [0.15, 0.2) is 0 Å². The second-order valence-electron chi connectivity index (χ2n) is 6.37. The van der Waals surface area contributed by atoms with Crippen LogP contribution in [-0.2, 0) is 19.6 Å². The number of benzene rings is 2.